The molecular weight excluding hydrogens is 346 g/mol. The van der Waals surface area contributed by atoms with Crippen LogP contribution in [0.15, 0.2) is 40.9 Å². The number of benzene rings is 2. The van der Waals surface area contributed by atoms with Crippen LogP contribution in [0.5, 0.6) is 11.5 Å². The van der Waals surface area contributed by atoms with Crippen LogP contribution in [-0.4, -0.2) is 19.1 Å². The number of hydrogen-bond donors (Lipinski definition) is 1. The standard InChI is InChI=1S/C17H14BrNO3/c18-11-3-1-10(2-4-11)12-8-17(20)19-14-9-16-15(7-13(12)14)21-5-6-22-16/h1-4,7,9,12H,5-6,8H2,(H,19,20). The van der Waals surface area contributed by atoms with Gasteiger partial charge in [-0.2, -0.15) is 0 Å². The van der Waals surface area contributed by atoms with Crippen LogP contribution in [-0.2, 0) is 4.79 Å². The predicted octanol–water partition coefficient (Wildman–Crippen LogP) is 3.69. The Bertz CT molecular complexity index is 742. The summed E-state index contributed by atoms with van der Waals surface area (Å²) in [5, 5.41) is 2.94. The average Bonchev–Trinajstić information content (AvgIpc) is 2.53. The lowest BCUT2D eigenvalue weighted by molar-refractivity contribution is -0.116. The third kappa shape index (κ3) is 2.35. The van der Waals surface area contributed by atoms with Crippen LogP contribution in [0.4, 0.5) is 5.69 Å². The largest absolute Gasteiger partial charge is 0.486 e. The van der Waals surface area contributed by atoms with Crippen molar-refractivity contribution in [2.75, 3.05) is 18.5 Å². The molecule has 0 radical (unpaired) electrons. The maximum Gasteiger partial charge on any atom is 0.225 e. The third-order valence-electron chi connectivity index (χ3n) is 4.03. The van der Waals surface area contributed by atoms with E-state index in [2.05, 4.69) is 21.2 Å². The van der Waals surface area contributed by atoms with Gasteiger partial charge in [-0.15, -0.1) is 0 Å². The molecule has 1 atom stereocenters. The highest BCUT2D eigenvalue weighted by molar-refractivity contribution is 9.10. The van der Waals surface area contributed by atoms with E-state index in [0.717, 1.165) is 27.0 Å². The SMILES string of the molecule is O=C1CC(c2ccc(Br)cc2)c2cc3c(cc2N1)OCCO3. The Morgan fingerprint density at radius 2 is 1.73 bits per heavy atom. The molecule has 0 saturated carbocycles. The number of carbonyl (C=O) groups excluding carboxylic acids is 1. The van der Waals surface area contributed by atoms with Gasteiger partial charge < -0.3 is 14.8 Å². The number of hydrogen-bond acceptors (Lipinski definition) is 3. The van der Waals surface area contributed by atoms with Crippen LogP contribution in [0.3, 0.4) is 0 Å². The van der Waals surface area contributed by atoms with E-state index in [0.29, 0.717) is 25.4 Å². The fourth-order valence-electron chi connectivity index (χ4n) is 2.99. The maximum absolute atomic E-state index is 12.1. The molecule has 5 heteroatoms. The zero-order valence-corrected chi connectivity index (χ0v) is 13.4. The van der Waals surface area contributed by atoms with Gasteiger partial charge in [0.15, 0.2) is 11.5 Å². The summed E-state index contributed by atoms with van der Waals surface area (Å²) in [6.45, 7) is 1.09. The summed E-state index contributed by atoms with van der Waals surface area (Å²) in [4.78, 5) is 12.1. The smallest absolute Gasteiger partial charge is 0.225 e. The summed E-state index contributed by atoms with van der Waals surface area (Å²) in [6, 6.07) is 12.0. The average molecular weight is 360 g/mol. The van der Waals surface area contributed by atoms with E-state index < -0.39 is 0 Å². The molecule has 0 spiro atoms. The third-order valence-corrected chi connectivity index (χ3v) is 4.55. The van der Waals surface area contributed by atoms with E-state index in [1.54, 1.807) is 0 Å². The van der Waals surface area contributed by atoms with Gasteiger partial charge in [-0.25, -0.2) is 0 Å². The second kappa shape index (κ2) is 5.32. The first kappa shape index (κ1) is 13.6. The van der Waals surface area contributed by atoms with E-state index in [-0.39, 0.29) is 11.8 Å². The topological polar surface area (TPSA) is 47.6 Å². The molecule has 0 bridgehead atoms. The molecule has 1 unspecified atom stereocenters. The van der Waals surface area contributed by atoms with E-state index in [1.165, 1.54) is 0 Å². The summed E-state index contributed by atoms with van der Waals surface area (Å²) in [5.74, 6) is 1.51. The van der Waals surface area contributed by atoms with Crippen LogP contribution >= 0.6 is 15.9 Å². The quantitative estimate of drug-likeness (QED) is 0.844. The van der Waals surface area contributed by atoms with Gasteiger partial charge in [0.2, 0.25) is 5.91 Å². The molecule has 112 valence electrons. The number of nitrogens with one attached hydrogen (secondary N) is 1. The first-order valence-corrected chi connectivity index (χ1v) is 7.99. The highest BCUT2D eigenvalue weighted by Crippen LogP contribution is 2.44. The Morgan fingerprint density at radius 1 is 1.05 bits per heavy atom. The predicted molar refractivity (Wildman–Crippen MR) is 86.7 cm³/mol. The molecule has 4 rings (SSSR count). The van der Waals surface area contributed by atoms with Crippen LogP contribution in [0, 0.1) is 0 Å². The molecule has 0 fully saturated rings. The monoisotopic (exact) mass is 359 g/mol. The summed E-state index contributed by atoms with van der Waals surface area (Å²) in [5.41, 5.74) is 3.01. The number of ether oxygens (including phenoxy) is 2. The molecule has 2 aliphatic heterocycles. The fraction of sp³-hybridized carbons (Fsp3) is 0.235. The lowest BCUT2D eigenvalue weighted by Crippen LogP contribution is -2.24. The van der Waals surface area contributed by atoms with E-state index in [9.17, 15) is 4.79 Å². The number of carbonyl (C=O) groups is 1. The van der Waals surface area contributed by atoms with Crippen molar-refractivity contribution < 1.29 is 14.3 Å². The Morgan fingerprint density at radius 3 is 2.45 bits per heavy atom. The van der Waals surface area contributed by atoms with E-state index in [4.69, 9.17) is 9.47 Å². The Hall–Kier alpha value is -2.01. The van der Waals surface area contributed by atoms with Crippen molar-refractivity contribution in [3.63, 3.8) is 0 Å². The normalized spacial score (nSPS) is 19.3. The molecule has 2 aromatic rings. The zero-order valence-electron chi connectivity index (χ0n) is 11.8. The van der Waals surface area contributed by atoms with Crippen LogP contribution in [0.2, 0.25) is 0 Å². The number of anilines is 1. The molecule has 1 N–H and O–H groups in total. The van der Waals surface area contributed by atoms with Crippen molar-refractivity contribution >= 4 is 27.5 Å². The van der Waals surface area contributed by atoms with Crippen molar-refractivity contribution in [3.8, 4) is 11.5 Å². The van der Waals surface area contributed by atoms with Gasteiger partial charge >= 0.3 is 0 Å². The molecular formula is C17H14BrNO3. The molecule has 0 aliphatic carbocycles. The van der Waals surface area contributed by atoms with Gasteiger partial charge in [0.1, 0.15) is 13.2 Å². The summed E-state index contributed by atoms with van der Waals surface area (Å²) in [7, 11) is 0. The van der Waals surface area contributed by atoms with E-state index in [1.807, 2.05) is 36.4 Å². The number of rotatable bonds is 1. The minimum atomic E-state index is 0.0251. The first-order valence-electron chi connectivity index (χ1n) is 7.19. The summed E-state index contributed by atoms with van der Waals surface area (Å²) < 4.78 is 12.3. The summed E-state index contributed by atoms with van der Waals surface area (Å²) in [6.07, 6.45) is 0.439. The van der Waals surface area contributed by atoms with Crippen molar-refractivity contribution in [3.05, 3.63) is 52.0 Å². The zero-order chi connectivity index (χ0) is 15.1. The Kier molecular flexibility index (Phi) is 3.30. The Labute approximate surface area is 136 Å². The molecule has 4 nitrogen and oxygen atoms in total. The number of halogens is 1. The molecule has 2 heterocycles. The molecule has 2 aromatic carbocycles. The minimum absolute atomic E-state index is 0.0251. The Balaban J connectivity index is 1.82. The highest BCUT2D eigenvalue weighted by Gasteiger charge is 2.29. The van der Waals surface area contributed by atoms with Crippen molar-refractivity contribution in [1.82, 2.24) is 0 Å². The molecule has 1 amide bonds. The highest BCUT2D eigenvalue weighted by atomic mass is 79.9. The van der Waals surface area contributed by atoms with Gasteiger partial charge in [0, 0.05) is 28.6 Å². The lowest BCUT2D eigenvalue weighted by atomic mass is 9.84. The van der Waals surface area contributed by atoms with E-state index >= 15 is 0 Å². The van der Waals surface area contributed by atoms with Gasteiger partial charge in [0.05, 0.1) is 0 Å². The fourth-order valence-corrected chi connectivity index (χ4v) is 3.25. The molecule has 22 heavy (non-hydrogen) atoms. The van der Waals surface area contributed by atoms with Crippen LogP contribution in [0.25, 0.3) is 0 Å². The summed E-state index contributed by atoms with van der Waals surface area (Å²) >= 11 is 3.45. The first-order chi connectivity index (χ1) is 10.7. The molecule has 2 aliphatic rings. The van der Waals surface area contributed by atoms with Gasteiger partial charge in [0.25, 0.3) is 0 Å². The van der Waals surface area contributed by atoms with Crippen LogP contribution < -0.4 is 14.8 Å². The lowest BCUT2D eigenvalue weighted by Gasteiger charge is -2.29. The van der Waals surface area contributed by atoms with Gasteiger partial charge in [-0.3, -0.25) is 4.79 Å². The van der Waals surface area contributed by atoms with Crippen molar-refractivity contribution in [2.45, 2.75) is 12.3 Å². The second-order valence-electron chi connectivity index (χ2n) is 5.44. The maximum atomic E-state index is 12.1. The second-order valence-corrected chi connectivity index (χ2v) is 6.36. The molecule has 0 aromatic heterocycles. The minimum Gasteiger partial charge on any atom is -0.486 e. The van der Waals surface area contributed by atoms with Gasteiger partial charge in [-0.1, -0.05) is 28.1 Å². The van der Waals surface area contributed by atoms with Crippen molar-refractivity contribution in [1.29, 1.82) is 0 Å². The number of fused-ring (bicyclic) bond motifs is 2. The van der Waals surface area contributed by atoms with Gasteiger partial charge in [-0.05, 0) is 29.3 Å². The van der Waals surface area contributed by atoms with Crippen molar-refractivity contribution in [2.24, 2.45) is 0 Å². The number of amides is 1. The molecule has 0 saturated heterocycles. The van der Waals surface area contributed by atoms with Crippen LogP contribution in [0.1, 0.15) is 23.5 Å².